The maximum atomic E-state index is 13.0. The largest absolute Gasteiger partial charge is 0.405 e. The molecule has 1 heterocycles. The Balaban J connectivity index is 1.91. The van der Waals surface area contributed by atoms with Gasteiger partial charge in [0, 0.05) is 13.0 Å². The Morgan fingerprint density at radius 2 is 1.70 bits per heavy atom. The van der Waals surface area contributed by atoms with Gasteiger partial charge in [-0.2, -0.15) is 13.2 Å². The molecule has 1 atom stereocenters. The Morgan fingerprint density at radius 3 is 2.37 bits per heavy atom. The van der Waals surface area contributed by atoms with Crippen molar-refractivity contribution in [3.63, 3.8) is 0 Å². The Labute approximate surface area is 158 Å². The molecule has 0 aliphatic carbocycles. The summed E-state index contributed by atoms with van der Waals surface area (Å²) in [6.45, 7) is -1.33. The highest BCUT2D eigenvalue weighted by molar-refractivity contribution is 6.33. The number of alkyl halides is 3. The fourth-order valence-electron chi connectivity index (χ4n) is 3.07. The molecule has 0 fully saturated rings. The van der Waals surface area contributed by atoms with Gasteiger partial charge < -0.3 is 10.2 Å². The highest BCUT2D eigenvalue weighted by Gasteiger charge is 2.37. The standard InChI is InChI=1S/C19H16ClF3N2O2/c20-15-8-4-3-7-14(15)18(27)25-10-13-6-2-1-5-12(13)9-16(25)17(26)24-11-19(21,22)23/h1-8,16H,9-11H2,(H,24,26). The Bertz CT molecular complexity index is 870. The molecule has 0 spiro atoms. The summed E-state index contributed by atoms with van der Waals surface area (Å²) < 4.78 is 37.4. The summed E-state index contributed by atoms with van der Waals surface area (Å²) in [5.41, 5.74) is 1.87. The SMILES string of the molecule is O=C(NCC(F)(F)F)C1Cc2ccccc2CN1C(=O)c1ccccc1Cl. The van der Waals surface area contributed by atoms with E-state index in [9.17, 15) is 22.8 Å². The maximum Gasteiger partial charge on any atom is 0.405 e. The number of benzene rings is 2. The summed E-state index contributed by atoms with van der Waals surface area (Å²) in [7, 11) is 0. The van der Waals surface area contributed by atoms with Crippen molar-refractivity contribution in [3.05, 3.63) is 70.2 Å². The van der Waals surface area contributed by atoms with Crippen LogP contribution in [-0.4, -0.2) is 35.5 Å². The van der Waals surface area contributed by atoms with Crippen molar-refractivity contribution in [2.24, 2.45) is 0 Å². The first-order chi connectivity index (χ1) is 12.8. The number of fused-ring (bicyclic) bond motifs is 1. The second-order valence-electron chi connectivity index (χ2n) is 6.23. The minimum Gasteiger partial charge on any atom is -0.345 e. The van der Waals surface area contributed by atoms with Crippen LogP contribution >= 0.6 is 11.6 Å². The van der Waals surface area contributed by atoms with E-state index in [0.29, 0.717) is 0 Å². The van der Waals surface area contributed by atoms with Gasteiger partial charge in [0.2, 0.25) is 5.91 Å². The van der Waals surface area contributed by atoms with E-state index in [4.69, 9.17) is 11.6 Å². The van der Waals surface area contributed by atoms with E-state index < -0.39 is 30.6 Å². The summed E-state index contributed by atoms with van der Waals surface area (Å²) in [6, 6.07) is 12.5. The fourth-order valence-corrected chi connectivity index (χ4v) is 3.28. The monoisotopic (exact) mass is 396 g/mol. The number of carbonyl (C=O) groups excluding carboxylic acids is 2. The summed E-state index contributed by atoms with van der Waals surface area (Å²) >= 11 is 6.09. The third-order valence-corrected chi connectivity index (χ3v) is 4.71. The van der Waals surface area contributed by atoms with Crippen LogP contribution in [0.1, 0.15) is 21.5 Å². The first kappa shape index (κ1) is 19.2. The van der Waals surface area contributed by atoms with Crippen LogP contribution in [0.3, 0.4) is 0 Å². The number of halogens is 4. The molecule has 1 unspecified atom stereocenters. The highest BCUT2D eigenvalue weighted by Crippen LogP contribution is 2.27. The van der Waals surface area contributed by atoms with Gasteiger partial charge in [0.1, 0.15) is 12.6 Å². The lowest BCUT2D eigenvalue weighted by Gasteiger charge is -2.36. The number of rotatable bonds is 3. The number of hydrogen-bond acceptors (Lipinski definition) is 2. The maximum absolute atomic E-state index is 13.0. The molecule has 1 aliphatic heterocycles. The lowest BCUT2D eigenvalue weighted by Crippen LogP contribution is -2.53. The average molecular weight is 397 g/mol. The van der Waals surface area contributed by atoms with Crippen molar-refractivity contribution in [1.29, 1.82) is 0 Å². The number of nitrogens with zero attached hydrogens (tertiary/aromatic N) is 1. The normalized spacial score (nSPS) is 16.6. The van der Waals surface area contributed by atoms with Crippen LogP contribution in [-0.2, 0) is 17.8 Å². The van der Waals surface area contributed by atoms with E-state index in [0.717, 1.165) is 11.1 Å². The molecule has 1 aliphatic rings. The number of amides is 2. The summed E-state index contributed by atoms with van der Waals surface area (Å²) in [5.74, 6) is -1.34. The van der Waals surface area contributed by atoms with Crippen LogP contribution in [0.25, 0.3) is 0 Å². The first-order valence-corrected chi connectivity index (χ1v) is 8.61. The molecular formula is C19H16ClF3N2O2. The van der Waals surface area contributed by atoms with E-state index in [1.165, 1.54) is 11.0 Å². The summed E-state index contributed by atoms with van der Waals surface area (Å²) in [6.07, 6.45) is -4.39. The molecule has 4 nitrogen and oxygen atoms in total. The van der Waals surface area contributed by atoms with Crippen molar-refractivity contribution >= 4 is 23.4 Å². The van der Waals surface area contributed by atoms with Crippen LogP contribution in [0.15, 0.2) is 48.5 Å². The number of nitrogens with one attached hydrogen (secondary N) is 1. The van der Waals surface area contributed by atoms with Crippen LogP contribution in [0.5, 0.6) is 0 Å². The lowest BCUT2D eigenvalue weighted by atomic mass is 9.92. The quantitative estimate of drug-likeness (QED) is 0.862. The minimum atomic E-state index is -4.53. The molecule has 0 saturated heterocycles. The molecule has 0 saturated carbocycles. The van der Waals surface area contributed by atoms with Crippen molar-refractivity contribution in [1.82, 2.24) is 10.2 Å². The molecule has 2 amide bonds. The molecule has 1 N–H and O–H groups in total. The molecule has 3 rings (SSSR count). The highest BCUT2D eigenvalue weighted by atomic mass is 35.5. The molecule has 2 aromatic rings. The Kier molecular flexibility index (Phi) is 5.41. The van der Waals surface area contributed by atoms with E-state index >= 15 is 0 Å². The van der Waals surface area contributed by atoms with Crippen LogP contribution < -0.4 is 5.32 Å². The molecule has 0 aromatic heterocycles. The summed E-state index contributed by atoms with van der Waals surface area (Å²) in [5, 5.41) is 2.10. The zero-order valence-corrected chi connectivity index (χ0v) is 14.8. The van der Waals surface area contributed by atoms with Gasteiger partial charge in [0.25, 0.3) is 5.91 Å². The van der Waals surface area contributed by atoms with Crippen molar-refractivity contribution in [2.75, 3.05) is 6.54 Å². The molecule has 8 heteroatoms. The van der Waals surface area contributed by atoms with Gasteiger partial charge in [0.05, 0.1) is 10.6 Å². The van der Waals surface area contributed by atoms with Crippen molar-refractivity contribution in [3.8, 4) is 0 Å². The molecule has 0 radical (unpaired) electrons. The van der Waals surface area contributed by atoms with Crippen LogP contribution in [0, 0.1) is 0 Å². The predicted molar refractivity (Wildman–Crippen MR) is 94.3 cm³/mol. The van der Waals surface area contributed by atoms with E-state index in [1.54, 1.807) is 36.4 Å². The van der Waals surface area contributed by atoms with E-state index in [-0.39, 0.29) is 23.6 Å². The van der Waals surface area contributed by atoms with E-state index in [2.05, 4.69) is 0 Å². The zero-order chi connectivity index (χ0) is 19.6. The summed E-state index contributed by atoms with van der Waals surface area (Å²) in [4.78, 5) is 26.7. The smallest absolute Gasteiger partial charge is 0.345 e. The zero-order valence-electron chi connectivity index (χ0n) is 14.1. The van der Waals surface area contributed by atoms with Crippen LogP contribution in [0.2, 0.25) is 5.02 Å². The Hall–Kier alpha value is -2.54. The van der Waals surface area contributed by atoms with Crippen LogP contribution in [0.4, 0.5) is 13.2 Å². The predicted octanol–water partition coefficient (Wildman–Crippen LogP) is 3.59. The topological polar surface area (TPSA) is 49.4 Å². The van der Waals surface area contributed by atoms with Crippen molar-refractivity contribution < 1.29 is 22.8 Å². The van der Waals surface area contributed by atoms with E-state index in [1.807, 2.05) is 11.4 Å². The molecular weight excluding hydrogens is 381 g/mol. The average Bonchev–Trinajstić information content (AvgIpc) is 2.64. The number of carbonyl (C=O) groups is 2. The third kappa shape index (κ3) is 4.42. The van der Waals surface area contributed by atoms with Gasteiger partial charge in [-0.3, -0.25) is 9.59 Å². The molecule has 142 valence electrons. The second kappa shape index (κ2) is 7.60. The van der Waals surface area contributed by atoms with Gasteiger partial charge in [-0.15, -0.1) is 0 Å². The van der Waals surface area contributed by atoms with Gasteiger partial charge in [-0.05, 0) is 23.3 Å². The molecule has 27 heavy (non-hydrogen) atoms. The minimum absolute atomic E-state index is 0.115. The second-order valence-corrected chi connectivity index (χ2v) is 6.64. The third-order valence-electron chi connectivity index (χ3n) is 4.38. The van der Waals surface area contributed by atoms with Gasteiger partial charge in [0.15, 0.2) is 0 Å². The molecule has 0 bridgehead atoms. The van der Waals surface area contributed by atoms with Crippen molar-refractivity contribution in [2.45, 2.75) is 25.2 Å². The number of hydrogen-bond donors (Lipinski definition) is 1. The first-order valence-electron chi connectivity index (χ1n) is 8.23. The van der Waals surface area contributed by atoms with Gasteiger partial charge in [-0.25, -0.2) is 0 Å². The lowest BCUT2D eigenvalue weighted by molar-refractivity contribution is -0.141. The van der Waals surface area contributed by atoms with Gasteiger partial charge in [-0.1, -0.05) is 48.0 Å². The Morgan fingerprint density at radius 1 is 1.07 bits per heavy atom. The van der Waals surface area contributed by atoms with Gasteiger partial charge >= 0.3 is 6.18 Å². The fraction of sp³-hybridized carbons (Fsp3) is 0.263. The molecule has 2 aromatic carbocycles.